The van der Waals surface area contributed by atoms with Crippen molar-refractivity contribution in [2.75, 3.05) is 31.6 Å². The van der Waals surface area contributed by atoms with Crippen LogP contribution in [0.2, 0.25) is 0 Å². The molecule has 1 N–H and O–H groups in total. The van der Waals surface area contributed by atoms with Crippen molar-refractivity contribution >= 4 is 59.0 Å². The van der Waals surface area contributed by atoms with Crippen molar-refractivity contribution in [2.24, 2.45) is 0 Å². The van der Waals surface area contributed by atoms with Crippen LogP contribution in [0, 0.1) is 0 Å². The number of thiophene rings is 1. The van der Waals surface area contributed by atoms with E-state index in [-0.39, 0.29) is 10.8 Å². The molecule has 28 heavy (non-hydrogen) atoms. The Bertz CT molecular complexity index is 1090. The van der Waals surface area contributed by atoms with E-state index < -0.39 is 10.0 Å². The zero-order valence-electron chi connectivity index (χ0n) is 15.3. The molecule has 0 bridgehead atoms. The Morgan fingerprint density at radius 3 is 2.57 bits per heavy atom. The number of benzene rings is 2. The first-order chi connectivity index (χ1) is 13.3. The van der Waals surface area contributed by atoms with E-state index in [0.29, 0.717) is 23.7 Å². The Hall–Kier alpha value is -1.94. The lowest BCUT2D eigenvalue weighted by Gasteiger charge is -2.19. The fourth-order valence-electron chi connectivity index (χ4n) is 2.60. The summed E-state index contributed by atoms with van der Waals surface area (Å²) in [6.07, 6.45) is 0. The number of anilines is 1. The van der Waals surface area contributed by atoms with E-state index in [0.717, 1.165) is 14.6 Å². The molecule has 0 aliphatic rings. The van der Waals surface area contributed by atoms with Gasteiger partial charge in [0.15, 0.2) is 0 Å². The summed E-state index contributed by atoms with van der Waals surface area (Å²) >= 11 is 4.67. The average Bonchev–Trinajstić information content (AvgIpc) is 3.11. The number of hydrogen-bond donors (Lipinski definition) is 1. The molecular weight excluding hydrogens is 464 g/mol. The van der Waals surface area contributed by atoms with Crippen molar-refractivity contribution in [3.8, 4) is 0 Å². The van der Waals surface area contributed by atoms with E-state index in [1.807, 2.05) is 6.07 Å². The minimum atomic E-state index is -3.68. The smallest absolute Gasteiger partial charge is 0.264 e. The molecule has 148 valence electrons. The summed E-state index contributed by atoms with van der Waals surface area (Å²) in [4.78, 5) is 13.0. The molecule has 1 heterocycles. The summed E-state index contributed by atoms with van der Waals surface area (Å²) in [6.45, 7) is 0.877. The lowest BCUT2D eigenvalue weighted by Crippen LogP contribution is -2.26. The summed E-state index contributed by atoms with van der Waals surface area (Å²) in [5.74, 6) is -0.171. The molecule has 0 aliphatic carbocycles. The van der Waals surface area contributed by atoms with Crippen molar-refractivity contribution < 1.29 is 17.9 Å². The number of fused-ring (bicyclic) bond motifs is 1. The zero-order valence-corrected chi connectivity index (χ0v) is 18.5. The van der Waals surface area contributed by atoms with Gasteiger partial charge in [0.2, 0.25) is 0 Å². The number of ether oxygens (including phenoxy) is 1. The first-order valence-electron chi connectivity index (χ1n) is 8.38. The summed E-state index contributed by atoms with van der Waals surface area (Å²) < 4.78 is 33.6. The van der Waals surface area contributed by atoms with Crippen molar-refractivity contribution in [3.63, 3.8) is 0 Å². The number of hydrogen-bond acceptors (Lipinski definition) is 5. The highest BCUT2D eigenvalue weighted by Gasteiger charge is 2.22. The maximum atomic E-state index is 12.9. The van der Waals surface area contributed by atoms with E-state index in [1.54, 1.807) is 49.6 Å². The van der Waals surface area contributed by atoms with Crippen LogP contribution in [0.1, 0.15) is 9.67 Å². The van der Waals surface area contributed by atoms with Gasteiger partial charge >= 0.3 is 0 Å². The van der Waals surface area contributed by atoms with Gasteiger partial charge in [-0.2, -0.15) is 0 Å². The van der Waals surface area contributed by atoms with Gasteiger partial charge in [-0.05, 0) is 53.9 Å². The first-order valence-corrected chi connectivity index (χ1v) is 11.4. The summed E-state index contributed by atoms with van der Waals surface area (Å²) in [5.41, 5.74) is 0.527. The van der Waals surface area contributed by atoms with E-state index in [9.17, 15) is 13.2 Å². The fraction of sp³-hybridized carbons (Fsp3) is 0.211. The van der Waals surface area contributed by atoms with Gasteiger partial charge in [0.05, 0.1) is 22.1 Å². The quantitative estimate of drug-likeness (QED) is 0.518. The summed E-state index contributed by atoms with van der Waals surface area (Å²) in [5, 5.41) is 3.60. The molecule has 2 aromatic carbocycles. The van der Waals surface area contributed by atoms with Crippen LogP contribution < -0.4 is 9.62 Å². The topological polar surface area (TPSA) is 75.7 Å². The molecule has 1 aromatic heterocycles. The standard InChI is InChI=1S/C19H19BrN2O4S2/c1-22(28(24,25)16-6-3-14(20)4-7-16)15-5-8-17-13(11-15)12-18(27-17)19(23)21-9-10-26-2/h3-8,11-12H,9-10H2,1-2H3,(H,21,23). The van der Waals surface area contributed by atoms with E-state index in [4.69, 9.17) is 4.74 Å². The predicted molar refractivity (Wildman–Crippen MR) is 116 cm³/mol. The van der Waals surface area contributed by atoms with Crippen LogP contribution in [0.5, 0.6) is 0 Å². The average molecular weight is 483 g/mol. The second-order valence-electron chi connectivity index (χ2n) is 6.01. The van der Waals surface area contributed by atoms with Crippen LogP contribution in [-0.2, 0) is 14.8 Å². The van der Waals surface area contributed by atoms with E-state index in [2.05, 4.69) is 21.2 Å². The third-order valence-electron chi connectivity index (χ3n) is 4.15. The van der Waals surface area contributed by atoms with Gasteiger partial charge in [-0.25, -0.2) is 8.42 Å². The van der Waals surface area contributed by atoms with Gasteiger partial charge in [-0.1, -0.05) is 15.9 Å². The van der Waals surface area contributed by atoms with Crippen LogP contribution in [0.25, 0.3) is 10.1 Å². The minimum absolute atomic E-state index is 0.171. The largest absolute Gasteiger partial charge is 0.383 e. The highest BCUT2D eigenvalue weighted by Crippen LogP contribution is 2.31. The maximum absolute atomic E-state index is 12.9. The zero-order chi connectivity index (χ0) is 20.3. The second-order valence-corrected chi connectivity index (χ2v) is 9.98. The molecule has 3 aromatic rings. The van der Waals surface area contributed by atoms with Crippen molar-refractivity contribution in [1.82, 2.24) is 5.32 Å². The minimum Gasteiger partial charge on any atom is -0.383 e. The summed E-state index contributed by atoms with van der Waals surface area (Å²) in [6, 6.07) is 13.6. The van der Waals surface area contributed by atoms with Gasteiger partial charge in [-0.15, -0.1) is 11.3 Å². The Labute approximate surface area is 176 Å². The predicted octanol–water partition coefficient (Wildman–Crippen LogP) is 3.87. The number of nitrogens with zero attached hydrogens (tertiary/aromatic N) is 1. The molecule has 0 radical (unpaired) electrons. The number of carbonyl (C=O) groups is 1. The molecular formula is C19H19BrN2O4S2. The Morgan fingerprint density at radius 1 is 1.18 bits per heavy atom. The van der Waals surface area contributed by atoms with E-state index >= 15 is 0 Å². The van der Waals surface area contributed by atoms with Gasteiger partial charge in [0.1, 0.15) is 0 Å². The molecule has 3 rings (SSSR count). The lowest BCUT2D eigenvalue weighted by atomic mass is 10.2. The number of nitrogens with one attached hydrogen (secondary N) is 1. The van der Waals surface area contributed by atoms with Crippen LogP contribution >= 0.6 is 27.3 Å². The second kappa shape index (κ2) is 8.60. The Kier molecular flexibility index (Phi) is 6.39. The molecule has 0 saturated heterocycles. The van der Waals surface area contributed by atoms with Gasteiger partial charge in [-0.3, -0.25) is 9.10 Å². The number of halogens is 1. The van der Waals surface area contributed by atoms with E-state index in [1.165, 1.54) is 22.7 Å². The summed E-state index contributed by atoms with van der Waals surface area (Å²) in [7, 11) is -0.587. The number of carbonyl (C=O) groups excluding carboxylic acids is 1. The highest BCUT2D eigenvalue weighted by atomic mass is 79.9. The molecule has 6 nitrogen and oxygen atoms in total. The normalized spacial score (nSPS) is 11.5. The fourth-order valence-corrected chi connectivity index (χ4v) is 5.01. The molecule has 0 unspecified atom stereocenters. The molecule has 0 aliphatic heterocycles. The van der Waals surface area contributed by atoms with Crippen LogP contribution in [-0.4, -0.2) is 41.6 Å². The maximum Gasteiger partial charge on any atom is 0.264 e. The van der Waals surface area contributed by atoms with Gasteiger partial charge < -0.3 is 10.1 Å². The lowest BCUT2D eigenvalue weighted by molar-refractivity contribution is 0.0941. The van der Waals surface area contributed by atoms with Crippen molar-refractivity contribution in [1.29, 1.82) is 0 Å². The van der Waals surface area contributed by atoms with Crippen LogP contribution in [0.4, 0.5) is 5.69 Å². The van der Waals surface area contributed by atoms with Gasteiger partial charge in [0, 0.05) is 29.9 Å². The van der Waals surface area contributed by atoms with Crippen LogP contribution in [0.15, 0.2) is 57.9 Å². The Morgan fingerprint density at radius 2 is 1.89 bits per heavy atom. The molecule has 0 fully saturated rings. The molecule has 9 heteroatoms. The van der Waals surface area contributed by atoms with Gasteiger partial charge in [0.25, 0.3) is 15.9 Å². The monoisotopic (exact) mass is 482 g/mol. The number of amides is 1. The van der Waals surface area contributed by atoms with Crippen molar-refractivity contribution in [2.45, 2.75) is 4.90 Å². The van der Waals surface area contributed by atoms with Crippen LogP contribution in [0.3, 0.4) is 0 Å². The molecule has 1 amide bonds. The first kappa shape index (κ1) is 20.8. The number of methoxy groups -OCH3 is 1. The third kappa shape index (κ3) is 4.38. The SMILES string of the molecule is COCCNC(=O)c1cc2cc(N(C)S(=O)(=O)c3ccc(Br)cc3)ccc2s1. The Balaban J connectivity index is 1.87. The van der Waals surface area contributed by atoms with Crippen molar-refractivity contribution in [3.05, 3.63) is 57.9 Å². The molecule has 0 saturated carbocycles. The third-order valence-corrected chi connectivity index (χ3v) is 7.59. The molecule has 0 atom stereocenters. The number of rotatable bonds is 7. The molecule has 0 spiro atoms. The highest BCUT2D eigenvalue weighted by molar-refractivity contribution is 9.10. The number of sulfonamides is 1.